The summed E-state index contributed by atoms with van der Waals surface area (Å²) >= 11 is 0. The third-order valence-electron chi connectivity index (χ3n) is 3.35. The van der Waals surface area contributed by atoms with Crippen LogP contribution in [0.3, 0.4) is 0 Å². The molecular weight excluding hydrogens is 202 g/mol. The van der Waals surface area contributed by atoms with Crippen LogP contribution in [-0.2, 0) is 11.3 Å². The van der Waals surface area contributed by atoms with Crippen LogP contribution in [-0.4, -0.2) is 35.2 Å². The molecule has 0 amide bonds. The molecule has 0 aromatic carbocycles. The van der Waals surface area contributed by atoms with E-state index >= 15 is 0 Å². The van der Waals surface area contributed by atoms with Crippen LogP contribution in [0.25, 0.3) is 0 Å². The number of fused-ring (bicyclic) bond motifs is 2. The van der Waals surface area contributed by atoms with Gasteiger partial charge < -0.3 is 10.5 Å². The van der Waals surface area contributed by atoms with Crippen LogP contribution in [0.15, 0.2) is 18.3 Å². The van der Waals surface area contributed by atoms with Gasteiger partial charge in [0, 0.05) is 31.5 Å². The average molecular weight is 219 g/mol. The fourth-order valence-electron chi connectivity index (χ4n) is 2.64. The summed E-state index contributed by atoms with van der Waals surface area (Å²) in [5.74, 6) is 0. The zero-order valence-corrected chi connectivity index (χ0v) is 9.30. The lowest BCUT2D eigenvalue weighted by Crippen LogP contribution is -2.42. The Balaban J connectivity index is 1.67. The Bertz CT molecular complexity index is 370. The molecule has 2 fully saturated rings. The predicted molar refractivity (Wildman–Crippen MR) is 61.8 cm³/mol. The van der Waals surface area contributed by atoms with Crippen molar-refractivity contribution >= 4 is 5.69 Å². The number of hydrogen-bond donors (Lipinski definition) is 1. The first-order valence-electron chi connectivity index (χ1n) is 5.88. The summed E-state index contributed by atoms with van der Waals surface area (Å²) < 4.78 is 5.80. The molecule has 2 N–H and O–H groups in total. The van der Waals surface area contributed by atoms with Gasteiger partial charge in [-0.25, -0.2) is 0 Å². The van der Waals surface area contributed by atoms with Crippen molar-refractivity contribution in [2.45, 2.75) is 31.6 Å². The van der Waals surface area contributed by atoms with Crippen LogP contribution in [0.2, 0.25) is 0 Å². The molecule has 3 rings (SSSR count). The Morgan fingerprint density at radius 2 is 2.12 bits per heavy atom. The summed E-state index contributed by atoms with van der Waals surface area (Å²) in [6.45, 7) is 2.96. The maximum atomic E-state index is 5.80. The van der Waals surface area contributed by atoms with E-state index in [9.17, 15) is 0 Å². The second kappa shape index (κ2) is 4.03. The Morgan fingerprint density at radius 3 is 2.81 bits per heavy atom. The van der Waals surface area contributed by atoms with Crippen molar-refractivity contribution in [3.05, 3.63) is 24.0 Å². The number of pyridine rings is 1. The van der Waals surface area contributed by atoms with Crippen molar-refractivity contribution in [1.82, 2.24) is 9.88 Å². The standard InChI is InChI=1S/C12H17N3O/c13-9-3-4-14-10(5-9)6-15-7-11-1-2-12(8-15)16-11/h3-5,11-12H,1-2,6-8H2,(H2,13,14). The highest BCUT2D eigenvalue weighted by molar-refractivity contribution is 5.37. The first-order chi connectivity index (χ1) is 7.79. The Kier molecular flexibility index (Phi) is 2.53. The predicted octanol–water partition coefficient (Wildman–Crippen LogP) is 1.03. The molecule has 2 unspecified atom stereocenters. The minimum absolute atomic E-state index is 0.444. The summed E-state index contributed by atoms with van der Waals surface area (Å²) in [5.41, 5.74) is 7.60. The number of nitrogen functional groups attached to an aromatic ring is 1. The molecular formula is C12H17N3O. The molecule has 86 valence electrons. The molecule has 0 spiro atoms. The van der Waals surface area contributed by atoms with E-state index in [1.165, 1.54) is 12.8 Å². The second-order valence-corrected chi connectivity index (χ2v) is 4.73. The lowest BCUT2D eigenvalue weighted by molar-refractivity contribution is -0.0413. The van der Waals surface area contributed by atoms with Gasteiger partial charge in [0.2, 0.25) is 0 Å². The van der Waals surface area contributed by atoms with Gasteiger partial charge in [-0.3, -0.25) is 9.88 Å². The summed E-state index contributed by atoms with van der Waals surface area (Å²) in [5, 5.41) is 0. The van der Waals surface area contributed by atoms with Gasteiger partial charge in [-0.2, -0.15) is 0 Å². The smallest absolute Gasteiger partial charge is 0.0707 e. The third-order valence-corrected chi connectivity index (χ3v) is 3.35. The zero-order chi connectivity index (χ0) is 11.0. The van der Waals surface area contributed by atoms with Crippen LogP contribution in [0.1, 0.15) is 18.5 Å². The van der Waals surface area contributed by atoms with Gasteiger partial charge in [0.05, 0.1) is 17.9 Å². The molecule has 0 saturated carbocycles. The van der Waals surface area contributed by atoms with E-state index in [-0.39, 0.29) is 0 Å². The van der Waals surface area contributed by atoms with E-state index in [1.54, 1.807) is 6.20 Å². The Labute approximate surface area is 95.4 Å². The largest absolute Gasteiger partial charge is 0.399 e. The van der Waals surface area contributed by atoms with Crippen molar-refractivity contribution in [1.29, 1.82) is 0 Å². The van der Waals surface area contributed by atoms with Crippen molar-refractivity contribution in [3.63, 3.8) is 0 Å². The van der Waals surface area contributed by atoms with E-state index in [4.69, 9.17) is 10.5 Å². The number of nitrogens with zero attached hydrogens (tertiary/aromatic N) is 2. The van der Waals surface area contributed by atoms with Gasteiger partial charge in [-0.15, -0.1) is 0 Å². The number of nitrogens with two attached hydrogens (primary N) is 1. The van der Waals surface area contributed by atoms with Crippen LogP contribution in [0.4, 0.5) is 5.69 Å². The molecule has 16 heavy (non-hydrogen) atoms. The highest BCUT2D eigenvalue weighted by atomic mass is 16.5. The van der Waals surface area contributed by atoms with Crippen LogP contribution in [0, 0.1) is 0 Å². The van der Waals surface area contributed by atoms with Crippen molar-refractivity contribution in [3.8, 4) is 0 Å². The topological polar surface area (TPSA) is 51.4 Å². The summed E-state index contributed by atoms with van der Waals surface area (Å²) in [4.78, 5) is 6.77. The summed E-state index contributed by atoms with van der Waals surface area (Å²) in [7, 11) is 0. The molecule has 1 aromatic heterocycles. The van der Waals surface area contributed by atoms with Crippen LogP contribution >= 0.6 is 0 Å². The molecule has 2 aliphatic rings. The van der Waals surface area contributed by atoms with Gasteiger partial charge in [0.15, 0.2) is 0 Å². The van der Waals surface area contributed by atoms with Gasteiger partial charge in [-0.1, -0.05) is 0 Å². The molecule has 2 atom stereocenters. The maximum Gasteiger partial charge on any atom is 0.0707 e. The van der Waals surface area contributed by atoms with E-state index in [2.05, 4.69) is 9.88 Å². The Hall–Kier alpha value is -1.13. The first-order valence-corrected chi connectivity index (χ1v) is 5.88. The second-order valence-electron chi connectivity index (χ2n) is 4.73. The molecule has 2 saturated heterocycles. The number of rotatable bonds is 2. The normalized spacial score (nSPS) is 29.5. The lowest BCUT2D eigenvalue weighted by atomic mass is 10.2. The fourth-order valence-corrected chi connectivity index (χ4v) is 2.64. The number of morpholine rings is 1. The first kappa shape index (κ1) is 10.1. The molecule has 0 radical (unpaired) electrons. The van der Waals surface area contributed by atoms with E-state index in [0.29, 0.717) is 12.2 Å². The molecule has 0 aliphatic carbocycles. The minimum Gasteiger partial charge on any atom is -0.399 e. The number of anilines is 1. The summed E-state index contributed by atoms with van der Waals surface area (Å²) in [6.07, 6.45) is 5.09. The zero-order valence-electron chi connectivity index (χ0n) is 9.30. The molecule has 4 nitrogen and oxygen atoms in total. The summed E-state index contributed by atoms with van der Waals surface area (Å²) in [6, 6.07) is 3.78. The van der Waals surface area contributed by atoms with E-state index in [0.717, 1.165) is 31.0 Å². The quantitative estimate of drug-likeness (QED) is 0.807. The average Bonchev–Trinajstić information content (AvgIpc) is 2.58. The highest BCUT2D eigenvalue weighted by Gasteiger charge is 2.33. The van der Waals surface area contributed by atoms with Crippen molar-refractivity contribution < 1.29 is 4.74 Å². The van der Waals surface area contributed by atoms with Crippen molar-refractivity contribution in [2.24, 2.45) is 0 Å². The number of likely N-dealkylation sites (tertiary alicyclic amines) is 1. The molecule has 2 aliphatic heterocycles. The molecule has 4 heteroatoms. The maximum absolute atomic E-state index is 5.80. The molecule has 1 aromatic rings. The van der Waals surface area contributed by atoms with Gasteiger partial charge in [-0.05, 0) is 25.0 Å². The minimum atomic E-state index is 0.444. The fraction of sp³-hybridized carbons (Fsp3) is 0.583. The van der Waals surface area contributed by atoms with E-state index in [1.807, 2.05) is 12.1 Å². The third kappa shape index (κ3) is 2.03. The van der Waals surface area contributed by atoms with Gasteiger partial charge >= 0.3 is 0 Å². The van der Waals surface area contributed by atoms with Gasteiger partial charge in [0.1, 0.15) is 0 Å². The SMILES string of the molecule is Nc1ccnc(CN2CC3CCC(C2)O3)c1. The number of hydrogen-bond acceptors (Lipinski definition) is 4. The van der Waals surface area contributed by atoms with E-state index < -0.39 is 0 Å². The van der Waals surface area contributed by atoms with Crippen molar-refractivity contribution in [2.75, 3.05) is 18.8 Å². The Morgan fingerprint density at radius 1 is 1.38 bits per heavy atom. The lowest BCUT2D eigenvalue weighted by Gasteiger charge is -2.31. The van der Waals surface area contributed by atoms with Gasteiger partial charge in [0.25, 0.3) is 0 Å². The number of aromatic nitrogens is 1. The highest BCUT2D eigenvalue weighted by Crippen LogP contribution is 2.26. The molecule has 2 bridgehead atoms. The monoisotopic (exact) mass is 219 g/mol. The van der Waals surface area contributed by atoms with Crippen LogP contribution in [0.5, 0.6) is 0 Å². The number of ether oxygens (including phenoxy) is 1. The van der Waals surface area contributed by atoms with Crippen LogP contribution < -0.4 is 5.73 Å². The molecule has 3 heterocycles.